The number of aryl methyl sites for hydroxylation is 1. The number of anilines is 1. The Morgan fingerprint density at radius 3 is 2.35 bits per heavy atom. The summed E-state index contributed by atoms with van der Waals surface area (Å²) in [5, 5.41) is 16.5. The minimum Gasteiger partial charge on any atom is -0.320 e. The maximum atomic E-state index is 13.4. The van der Waals surface area contributed by atoms with Gasteiger partial charge in [0.05, 0.1) is 10.6 Å². The van der Waals surface area contributed by atoms with Crippen LogP contribution in [0.15, 0.2) is 77.7 Å². The lowest BCUT2D eigenvalue weighted by Gasteiger charge is -2.22. The molecule has 2 aromatic heterocycles. The lowest BCUT2D eigenvalue weighted by Crippen LogP contribution is -2.40. The predicted octanol–water partition coefficient (Wildman–Crippen LogP) is 4.44. The molecule has 4 rings (SSSR count). The highest BCUT2D eigenvalue weighted by Gasteiger charge is 2.26. The number of sulfonamides is 1. The van der Waals surface area contributed by atoms with E-state index in [0.29, 0.717) is 28.3 Å². The summed E-state index contributed by atoms with van der Waals surface area (Å²) in [5.74, 6) is -0.138. The maximum Gasteiger partial charge on any atom is 0.274 e. The molecule has 0 aliphatic heterocycles. The van der Waals surface area contributed by atoms with Gasteiger partial charge in [0.2, 0.25) is 10.0 Å². The van der Waals surface area contributed by atoms with Crippen LogP contribution in [0.3, 0.4) is 0 Å². The second-order valence-corrected chi connectivity index (χ2v) is 11.1. The molecule has 1 amide bonds. The Bertz CT molecular complexity index is 1630. The van der Waals surface area contributed by atoms with Crippen LogP contribution in [0, 0.1) is 18.3 Å². The molecule has 0 aliphatic carbocycles. The van der Waals surface area contributed by atoms with E-state index >= 15 is 0 Å². The van der Waals surface area contributed by atoms with Gasteiger partial charge in [0, 0.05) is 22.4 Å². The molecule has 2 N–H and O–H groups in total. The topological polar surface area (TPSA) is 130 Å². The van der Waals surface area contributed by atoms with Gasteiger partial charge in [-0.2, -0.15) is 10.4 Å². The summed E-state index contributed by atoms with van der Waals surface area (Å²) in [7, 11) is -3.85. The fourth-order valence-electron chi connectivity index (χ4n) is 3.83. The average molecular weight is 515 g/mol. The van der Waals surface area contributed by atoms with Crippen molar-refractivity contribution in [3.8, 4) is 23.0 Å². The summed E-state index contributed by atoms with van der Waals surface area (Å²) in [6.45, 7) is 7.06. The maximum absolute atomic E-state index is 13.4. The van der Waals surface area contributed by atoms with Gasteiger partial charge in [-0.25, -0.2) is 22.8 Å². The van der Waals surface area contributed by atoms with Gasteiger partial charge in [-0.1, -0.05) is 42.5 Å². The normalized spacial score (nSPS) is 11.6. The van der Waals surface area contributed by atoms with Gasteiger partial charge >= 0.3 is 0 Å². The Balaban J connectivity index is 1.75. The smallest absolute Gasteiger partial charge is 0.274 e. The largest absolute Gasteiger partial charge is 0.320 e. The van der Waals surface area contributed by atoms with Crippen LogP contribution in [0.25, 0.3) is 16.9 Å². The number of hydrogen-bond acceptors (Lipinski definition) is 6. The number of amides is 1. The number of nitriles is 1. The minimum absolute atomic E-state index is 0.102. The molecule has 10 heteroatoms. The molecule has 37 heavy (non-hydrogen) atoms. The first-order valence-electron chi connectivity index (χ1n) is 11.5. The van der Waals surface area contributed by atoms with Crippen LogP contribution >= 0.6 is 0 Å². The molecule has 0 radical (unpaired) electrons. The van der Waals surface area contributed by atoms with E-state index in [0.717, 1.165) is 0 Å². The van der Waals surface area contributed by atoms with Crippen LogP contribution in [0.4, 0.5) is 5.69 Å². The molecule has 2 heterocycles. The zero-order chi connectivity index (χ0) is 26.8. The molecule has 4 aromatic rings. The molecule has 0 saturated carbocycles. The number of para-hydroxylation sites is 1. The minimum atomic E-state index is -3.85. The second-order valence-electron chi connectivity index (χ2n) is 9.43. The Kier molecular flexibility index (Phi) is 6.94. The van der Waals surface area contributed by atoms with Gasteiger partial charge in [-0.3, -0.25) is 4.79 Å². The predicted molar refractivity (Wildman–Crippen MR) is 141 cm³/mol. The second kappa shape index (κ2) is 9.97. The van der Waals surface area contributed by atoms with Gasteiger partial charge < -0.3 is 5.32 Å². The molecular formula is C27H26N6O3S. The van der Waals surface area contributed by atoms with Crippen molar-refractivity contribution in [2.75, 3.05) is 5.32 Å². The summed E-state index contributed by atoms with van der Waals surface area (Å²) < 4.78 is 30.5. The van der Waals surface area contributed by atoms with Gasteiger partial charge in [-0.05, 0) is 58.0 Å². The molecule has 0 saturated heterocycles. The van der Waals surface area contributed by atoms with Crippen LogP contribution in [-0.2, 0) is 10.0 Å². The van der Waals surface area contributed by atoms with Crippen LogP contribution in [-0.4, -0.2) is 34.6 Å². The monoisotopic (exact) mass is 514 g/mol. The zero-order valence-corrected chi connectivity index (χ0v) is 21.7. The van der Waals surface area contributed by atoms with E-state index in [2.05, 4.69) is 20.1 Å². The summed E-state index contributed by atoms with van der Waals surface area (Å²) in [4.78, 5) is 17.8. The van der Waals surface area contributed by atoms with E-state index in [1.165, 1.54) is 10.7 Å². The third-order valence-corrected chi connectivity index (χ3v) is 7.03. The lowest BCUT2D eigenvalue weighted by atomic mass is 10.0. The Labute approximate surface area is 215 Å². The standard InChI is InChI=1S/C27H26N6O3S/c1-18-16-23(33(31-18)25-15-9-10-19(17-28)29-25)26(34)30-22-13-7-5-11-20(22)21-12-6-8-14-24(21)37(35,36)32-27(2,3)4/h5-16,32H,1-4H3,(H,30,34). The number of carbonyl (C=O) groups is 1. The molecular weight excluding hydrogens is 488 g/mol. The molecule has 9 nitrogen and oxygen atoms in total. The van der Waals surface area contributed by atoms with Crippen molar-refractivity contribution < 1.29 is 13.2 Å². The third-order valence-electron chi connectivity index (χ3n) is 5.21. The highest BCUT2D eigenvalue weighted by molar-refractivity contribution is 7.89. The molecule has 188 valence electrons. The van der Waals surface area contributed by atoms with Crippen LogP contribution in [0.2, 0.25) is 0 Å². The fraction of sp³-hybridized carbons (Fsp3) is 0.185. The number of benzene rings is 2. The number of pyridine rings is 1. The quantitative estimate of drug-likeness (QED) is 0.391. The van der Waals surface area contributed by atoms with E-state index in [-0.39, 0.29) is 16.3 Å². The molecule has 2 aromatic carbocycles. The SMILES string of the molecule is Cc1cc(C(=O)Nc2ccccc2-c2ccccc2S(=O)(=O)NC(C)(C)C)n(-c2cccc(C#N)n2)n1. The Morgan fingerprint density at radius 1 is 0.973 bits per heavy atom. The van der Waals surface area contributed by atoms with Crippen molar-refractivity contribution in [3.05, 3.63) is 89.9 Å². The third kappa shape index (κ3) is 5.74. The number of nitrogens with zero attached hydrogens (tertiary/aromatic N) is 4. The van der Waals surface area contributed by atoms with Gasteiger partial charge in [0.15, 0.2) is 5.82 Å². The lowest BCUT2D eigenvalue weighted by molar-refractivity contribution is 0.101. The highest BCUT2D eigenvalue weighted by atomic mass is 32.2. The van der Waals surface area contributed by atoms with Crippen LogP contribution in [0.5, 0.6) is 0 Å². The summed E-state index contributed by atoms with van der Waals surface area (Å²) in [5.41, 5.74) is 1.74. The Morgan fingerprint density at radius 2 is 1.65 bits per heavy atom. The van der Waals surface area contributed by atoms with E-state index in [1.54, 1.807) is 94.4 Å². The molecule has 0 aliphatic rings. The first-order chi connectivity index (χ1) is 17.5. The Hall–Kier alpha value is -4.33. The average Bonchev–Trinajstić information content (AvgIpc) is 3.25. The first-order valence-corrected chi connectivity index (χ1v) is 12.9. The molecule has 0 spiro atoms. The summed E-state index contributed by atoms with van der Waals surface area (Å²) in [6.07, 6.45) is 0. The molecule has 0 fully saturated rings. The van der Waals surface area contributed by atoms with E-state index in [4.69, 9.17) is 0 Å². The molecule has 0 atom stereocenters. The van der Waals surface area contributed by atoms with Crippen molar-refractivity contribution in [2.24, 2.45) is 0 Å². The van der Waals surface area contributed by atoms with E-state index in [9.17, 15) is 18.5 Å². The summed E-state index contributed by atoms with van der Waals surface area (Å²) in [6, 6.07) is 22.1. The van der Waals surface area contributed by atoms with E-state index < -0.39 is 21.5 Å². The van der Waals surface area contributed by atoms with Crippen molar-refractivity contribution >= 4 is 21.6 Å². The van der Waals surface area contributed by atoms with Gasteiger partial charge in [0.25, 0.3) is 5.91 Å². The van der Waals surface area contributed by atoms with Gasteiger partial charge in [0.1, 0.15) is 17.5 Å². The highest BCUT2D eigenvalue weighted by Crippen LogP contribution is 2.33. The number of carbonyl (C=O) groups excluding carboxylic acids is 1. The number of nitrogens with one attached hydrogen (secondary N) is 2. The number of rotatable bonds is 6. The van der Waals surface area contributed by atoms with E-state index in [1.807, 2.05) is 6.07 Å². The van der Waals surface area contributed by atoms with Crippen LogP contribution < -0.4 is 10.0 Å². The van der Waals surface area contributed by atoms with Crippen LogP contribution in [0.1, 0.15) is 42.6 Å². The summed E-state index contributed by atoms with van der Waals surface area (Å²) >= 11 is 0. The zero-order valence-electron chi connectivity index (χ0n) is 20.9. The van der Waals surface area contributed by atoms with Crippen molar-refractivity contribution in [1.82, 2.24) is 19.5 Å². The van der Waals surface area contributed by atoms with Crippen molar-refractivity contribution in [3.63, 3.8) is 0 Å². The number of aromatic nitrogens is 3. The molecule has 0 unspecified atom stereocenters. The number of hydrogen-bond donors (Lipinski definition) is 2. The van der Waals surface area contributed by atoms with Crippen molar-refractivity contribution in [1.29, 1.82) is 5.26 Å². The fourth-order valence-corrected chi connectivity index (χ4v) is 5.48. The van der Waals surface area contributed by atoms with Crippen molar-refractivity contribution in [2.45, 2.75) is 38.1 Å². The molecule has 0 bridgehead atoms. The first kappa shape index (κ1) is 25.8. The van der Waals surface area contributed by atoms with Gasteiger partial charge in [-0.15, -0.1) is 0 Å².